The van der Waals surface area contributed by atoms with Crippen LogP contribution < -0.4 is 0 Å². The fraction of sp³-hybridized carbons (Fsp3) is 0. The molecule has 26 heavy (non-hydrogen) atoms. The predicted molar refractivity (Wildman–Crippen MR) is 108 cm³/mol. The van der Waals surface area contributed by atoms with Gasteiger partial charge in [0.2, 0.25) is 0 Å². The van der Waals surface area contributed by atoms with Crippen LogP contribution in [-0.4, -0.2) is 64.4 Å². The minimum atomic E-state index is -4.48. The fourth-order valence-corrected chi connectivity index (χ4v) is 5.19. The number of hydrogen-bond acceptors (Lipinski definition) is 2. The maximum Gasteiger partial charge on any atom is 0.296 e. The smallest absolute Gasteiger partial charge is 0.282 e. The zero-order chi connectivity index (χ0) is 17.3. The number of fused-ring (bicyclic) bond motifs is 2. The molecule has 0 aliphatic rings. The van der Waals surface area contributed by atoms with Crippen LogP contribution in [0.15, 0.2) is 65.6 Å². The molecule has 5 aromatic rings. The van der Waals surface area contributed by atoms with Crippen molar-refractivity contribution in [3.8, 4) is 0 Å². The zero-order valence-corrected chi connectivity index (χ0v) is 18.5. The SMILES string of the molecule is O=S(=O)(O)c1c(Cl)cc2cccc3c4cccc5cccc(c1c23)c54.[K]. The fourth-order valence-electron chi connectivity index (χ4n) is 3.91. The van der Waals surface area contributed by atoms with Crippen LogP contribution in [0.1, 0.15) is 0 Å². The van der Waals surface area contributed by atoms with Crippen molar-refractivity contribution in [1.29, 1.82) is 0 Å². The summed E-state index contributed by atoms with van der Waals surface area (Å²) in [5.41, 5.74) is 0. The first-order chi connectivity index (χ1) is 12.0. The molecule has 0 bridgehead atoms. The molecule has 0 aliphatic heterocycles. The molecule has 1 N–H and O–H groups in total. The van der Waals surface area contributed by atoms with E-state index < -0.39 is 10.1 Å². The van der Waals surface area contributed by atoms with Gasteiger partial charge < -0.3 is 0 Å². The van der Waals surface area contributed by atoms with Crippen LogP contribution in [0.25, 0.3) is 43.1 Å². The molecular weight excluding hydrogens is 395 g/mol. The molecule has 0 heterocycles. The monoisotopic (exact) mass is 405 g/mol. The van der Waals surface area contributed by atoms with E-state index in [-0.39, 0.29) is 61.3 Å². The van der Waals surface area contributed by atoms with Crippen LogP contribution in [0.4, 0.5) is 0 Å². The van der Waals surface area contributed by atoms with Crippen molar-refractivity contribution >= 4 is 116 Å². The van der Waals surface area contributed by atoms with E-state index in [4.69, 9.17) is 11.6 Å². The van der Waals surface area contributed by atoms with Gasteiger partial charge in [0.15, 0.2) is 0 Å². The Bertz CT molecular complexity index is 1420. The molecule has 0 aromatic heterocycles. The van der Waals surface area contributed by atoms with Gasteiger partial charge in [-0.25, -0.2) is 0 Å². The Morgan fingerprint density at radius 2 is 1.27 bits per heavy atom. The van der Waals surface area contributed by atoms with E-state index in [9.17, 15) is 13.0 Å². The third-order valence-corrected chi connectivity index (χ3v) is 6.15. The minimum absolute atomic E-state index is 0. The molecule has 5 rings (SSSR count). The summed E-state index contributed by atoms with van der Waals surface area (Å²) in [5, 5.41) is 6.89. The molecule has 1 radical (unpaired) electrons. The third-order valence-electron chi connectivity index (χ3n) is 4.80. The second kappa shape index (κ2) is 6.39. The summed E-state index contributed by atoms with van der Waals surface area (Å²) in [5.74, 6) is 0. The summed E-state index contributed by atoms with van der Waals surface area (Å²) >= 11 is 6.27. The molecular formula is C20H11ClKO3S. The quantitative estimate of drug-likeness (QED) is 0.179. The summed E-state index contributed by atoms with van der Waals surface area (Å²) in [6, 6.07) is 19.2. The molecule has 5 aromatic carbocycles. The first-order valence-corrected chi connectivity index (χ1v) is 9.54. The Labute approximate surface area is 197 Å². The van der Waals surface area contributed by atoms with Crippen molar-refractivity contribution in [2.24, 2.45) is 0 Å². The van der Waals surface area contributed by atoms with E-state index in [0.29, 0.717) is 5.39 Å². The predicted octanol–water partition coefficient (Wildman–Crippen LogP) is 5.26. The second-order valence-corrected chi connectivity index (χ2v) is 7.92. The maximum absolute atomic E-state index is 12.1. The van der Waals surface area contributed by atoms with Crippen LogP contribution in [0, 0.1) is 0 Å². The standard InChI is InChI=1S/C20H11ClO3S.K/c21-16-10-12-6-3-8-14-13-7-1-4-11-5-2-9-15(17(11)13)19(18(12)14)20(16)25(22,23)24;/h1-10H,(H,22,23,24);. The van der Waals surface area contributed by atoms with E-state index in [1.54, 1.807) is 6.07 Å². The van der Waals surface area contributed by atoms with Gasteiger partial charge in [0.25, 0.3) is 10.1 Å². The Kier molecular flexibility index (Phi) is 4.57. The Morgan fingerprint density at radius 1 is 0.731 bits per heavy atom. The Morgan fingerprint density at radius 3 is 1.88 bits per heavy atom. The van der Waals surface area contributed by atoms with Crippen molar-refractivity contribution in [1.82, 2.24) is 0 Å². The number of rotatable bonds is 1. The molecule has 0 saturated carbocycles. The van der Waals surface area contributed by atoms with Crippen LogP contribution in [-0.2, 0) is 10.1 Å². The molecule has 0 atom stereocenters. The van der Waals surface area contributed by atoms with Crippen LogP contribution in [0.2, 0.25) is 5.02 Å². The van der Waals surface area contributed by atoms with Gasteiger partial charge in [0, 0.05) is 56.8 Å². The normalized spacial score (nSPS) is 12.2. The van der Waals surface area contributed by atoms with Gasteiger partial charge >= 0.3 is 0 Å². The van der Waals surface area contributed by atoms with Gasteiger partial charge in [-0.1, -0.05) is 66.2 Å². The van der Waals surface area contributed by atoms with Crippen molar-refractivity contribution in [2.75, 3.05) is 0 Å². The summed E-state index contributed by atoms with van der Waals surface area (Å²) in [4.78, 5) is -0.226. The molecule has 0 fully saturated rings. The van der Waals surface area contributed by atoms with Gasteiger partial charge in [-0.05, 0) is 43.8 Å². The third kappa shape index (κ3) is 2.54. The van der Waals surface area contributed by atoms with Gasteiger partial charge in [0.05, 0.1) is 5.02 Å². The van der Waals surface area contributed by atoms with Gasteiger partial charge in [0.1, 0.15) is 4.90 Å². The number of hydrogen-bond donors (Lipinski definition) is 1. The van der Waals surface area contributed by atoms with Crippen LogP contribution in [0.5, 0.6) is 0 Å². The second-order valence-electron chi connectivity index (χ2n) is 6.15. The van der Waals surface area contributed by atoms with E-state index in [1.807, 2.05) is 54.6 Å². The largest absolute Gasteiger partial charge is 0.296 e. The molecule has 0 spiro atoms. The van der Waals surface area contributed by atoms with Crippen LogP contribution >= 0.6 is 11.6 Å². The minimum Gasteiger partial charge on any atom is -0.282 e. The molecule has 0 saturated heterocycles. The molecule has 6 heteroatoms. The number of benzene rings is 5. The van der Waals surface area contributed by atoms with E-state index in [0.717, 1.165) is 37.7 Å². The van der Waals surface area contributed by atoms with Gasteiger partial charge in [-0.3, -0.25) is 4.55 Å². The average Bonchev–Trinajstić information content (AvgIpc) is 2.57. The summed E-state index contributed by atoms with van der Waals surface area (Å²) < 4.78 is 34.1. The van der Waals surface area contributed by atoms with Gasteiger partial charge in [-0.2, -0.15) is 8.42 Å². The average molecular weight is 406 g/mol. The zero-order valence-electron chi connectivity index (χ0n) is 13.8. The summed E-state index contributed by atoms with van der Waals surface area (Å²) in [6.45, 7) is 0. The van der Waals surface area contributed by atoms with Crippen molar-refractivity contribution in [3.05, 3.63) is 65.7 Å². The van der Waals surface area contributed by atoms with E-state index in [1.165, 1.54) is 0 Å². The molecule has 0 aliphatic carbocycles. The van der Waals surface area contributed by atoms with Crippen LogP contribution in [0.3, 0.4) is 0 Å². The summed E-state index contributed by atoms with van der Waals surface area (Å²) in [6.07, 6.45) is 0. The molecule has 123 valence electrons. The topological polar surface area (TPSA) is 54.4 Å². The van der Waals surface area contributed by atoms with Crippen molar-refractivity contribution < 1.29 is 13.0 Å². The first kappa shape index (κ1) is 18.6. The number of halogens is 1. The van der Waals surface area contributed by atoms with Crippen molar-refractivity contribution in [2.45, 2.75) is 4.90 Å². The van der Waals surface area contributed by atoms with Gasteiger partial charge in [-0.15, -0.1) is 0 Å². The summed E-state index contributed by atoms with van der Waals surface area (Å²) in [7, 11) is -4.48. The first-order valence-electron chi connectivity index (χ1n) is 7.72. The molecule has 0 amide bonds. The maximum atomic E-state index is 12.1. The Hall–Kier alpha value is -0.764. The molecule has 3 nitrogen and oxygen atoms in total. The molecule has 0 unspecified atom stereocenters. The van der Waals surface area contributed by atoms with Crippen molar-refractivity contribution in [3.63, 3.8) is 0 Å². The van der Waals surface area contributed by atoms with E-state index >= 15 is 0 Å². The Balaban J connectivity index is 0.00000168. The van der Waals surface area contributed by atoms with E-state index in [2.05, 4.69) is 0 Å².